The Kier molecular flexibility index (Phi) is 3.98. The van der Waals surface area contributed by atoms with Crippen LogP contribution in [0.5, 0.6) is 0 Å². The fourth-order valence-corrected chi connectivity index (χ4v) is 2.40. The van der Waals surface area contributed by atoms with Crippen molar-refractivity contribution in [2.45, 2.75) is 26.8 Å². The minimum atomic E-state index is 0.241. The molecule has 0 bridgehead atoms. The second kappa shape index (κ2) is 4.88. The highest BCUT2D eigenvalue weighted by Gasteiger charge is 2.27. The number of anilines is 1. The minimum Gasteiger partial charge on any atom is -0.388 e. The SMILES string of the molecule is CNc1ccc(C(N(C)C)C(C)(C)C)cc1. The molecule has 2 heteroatoms. The van der Waals surface area contributed by atoms with Gasteiger partial charge in [-0.05, 0) is 37.2 Å². The van der Waals surface area contributed by atoms with E-state index in [1.165, 1.54) is 5.56 Å². The van der Waals surface area contributed by atoms with Gasteiger partial charge in [-0.1, -0.05) is 32.9 Å². The van der Waals surface area contributed by atoms with Crippen LogP contribution in [0.4, 0.5) is 5.69 Å². The van der Waals surface area contributed by atoms with Gasteiger partial charge in [0, 0.05) is 18.8 Å². The summed E-state index contributed by atoms with van der Waals surface area (Å²) in [5.41, 5.74) is 2.77. The third-order valence-electron chi connectivity index (χ3n) is 2.85. The maximum absolute atomic E-state index is 3.15. The molecule has 0 saturated carbocycles. The molecule has 1 atom stereocenters. The number of nitrogens with one attached hydrogen (secondary N) is 1. The molecule has 0 aromatic heterocycles. The Morgan fingerprint density at radius 1 is 1.06 bits per heavy atom. The van der Waals surface area contributed by atoms with Crippen molar-refractivity contribution < 1.29 is 0 Å². The number of nitrogens with zero attached hydrogens (tertiary/aromatic N) is 1. The molecule has 0 fully saturated rings. The highest BCUT2D eigenvalue weighted by Crippen LogP contribution is 2.36. The molecule has 0 amide bonds. The first-order chi connectivity index (χ1) is 7.36. The van der Waals surface area contributed by atoms with E-state index in [0.717, 1.165) is 5.69 Å². The first-order valence-electron chi connectivity index (χ1n) is 5.80. The Balaban J connectivity index is 3.03. The van der Waals surface area contributed by atoms with E-state index in [9.17, 15) is 0 Å². The van der Waals surface area contributed by atoms with Gasteiger partial charge < -0.3 is 10.2 Å². The minimum absolute atomic E-state index is 0.241. The Labute approximate surface area is 99.7 Å². The molecule has 0 radical (unpaired) electrons. The average Bonchev–Trinajstić information content (AvgIpc) is 2.16. The Morgan fingerprint density at radius 3 is 1.88 bits per heavy atom. The zero-order valence-corrected chi connectivity index (χ0v) is 11.3. The van der Waals surface area contributed by atoms with Crippen LogP contribution in [0.1, 0.15) is 32.4 Å². The first kappa shape index (κ1) is 13.0. The molecular formula is C14H24N2. The summed E-state index contributed by atoms with van der Waals surface area (Å²) in [6.45, 7) is 6.84. The largest absolute Gasteiger partial charge is 0.388 e. The normalized spacial score (nSPS) is 13.9. The van der Waals surface area contributed by atoms with Crippen molar-refractivity contribution in [3.8, 4) is 0 Å². The van der Waals surface area contributed by atoms with E-state index in [1.807, 2.05) is 7.05 Å². The van der Waals surface area contributed by atoms with Gasteiger partial charge in [0.2, 0.25) is 0 Å². The molecule has 0 aliphatic rings. The van der Waals surface area contributed by atoms with Crippen LogP contribution in [0.2, 0.25) is 0 Å². The van der Waals surface area contributed by atoms with Crippen LogP contribution in [-0.2, 0) is 0 Å². The van der Waals surface area contributed by atoms with Crippen LogP contribution < -0.4 is 5.32 Å². The lowest BCUT2D eigenvalue weighted by Crippen LogP contribution is -2.31. The molecule has 1 aromatic rings. The van der Waals surface area contributed by atoms with Gasteiger partial charge in [-0.25, -0.2) is 0 Å². The van der Waals surface area contributed by atoms with Crippen molar-refractivity contribution in [3.63, 3.8) is 0 Å². The second-order valence-electron chi connectivity index (χ2n) is 5.60. The maximum atomic E-state index is 3.15. The van der Waals surface area contributed by atoms with Gasteiger partial charge in [-0.3, -0.25) is 0 Å². The summed E-state index contributed by atoms with van der Waals surface area (Å²) in [7, 11) is 6.23. The Morgan fingerprint density at radius 2 is 1.56 bits per heavy atom. The van der Waals surface area contributed by atoms with E-state index in [0.29, 0.717) is 6.04 Å². The molecule has 2 nitrogen and oxygen atoms in total. The zero-order valence-electron chi connectivity index (χ0n) is 11.3. The van der Waals surface area contributed by atoms with Crippen molar-refractivity contribution in [1.82, 2.24) is 4.90 Å². The van der Waals surface area contributed by atoms with Crippen molar-refractivity contribution in [2.75, 3.05) is 26.5 Å². The standard InChI is InChI=1S/C14H24N2/c1-14(2,3)13(16(5)6)11-7-9-12(15-4)10-8-11/h7-10,13,15H,1-6H3. The molecule has 0 saturated heterocycles. The predicted molar refractivity (Wildman–Crippen MR) is 71.9 cm³/mol. The highest BCUT2D eigenvalue weighted by atomic mass is 15.1. The van der Waals surface area contributed by atoms with Crippen LogP contribution in [0.3, 0.4) is 0 Å². The first-order valence-corrected chi connectivity index (χ1v) is 5.80. The molecule has 0 aliphatic heterocycles. The third kappa shape index (κ3) is 2.99. The van der Waals surface area contributed by atoms with Crippen LogP contribution in [0.15, 0.2) is 24.3 Å². The van der Waals surface area contributed by atoms with Gasteiger partial charge in [0.05, 0.1) is 0 Å². The summed E-state index contributed by atoms with van der Waals surface area (Å²) in [5.74, 6) is 0. The lowest BCUT2D eigenvalue weighted by Gasteiger charge is -2.36. The second-order valence-corrected chi connectivity index (χ2v) is 5.60. The lowest BCUT2D eigenvalue weighted by molar-refractivity contribution is 0.154. The van der Waals surface area contributed by atoms with Crippen molar-refractivity contribution in [3.05, 3.63) is 29.8 Å². The molecule has 0 heterocycles. The lowest BCUT2D eigenvalue weighted by atomic mass is 9.81. The number of hydrogen-bond acceptors (Lipinski definition) is 2. The molecule has 1 rings (SSSR count). The zero-order chi connectivity index (χ0) is 12.3. The van der Waals surface area contributed by atoms with Gasteiger partial charge in [-0.2, -0.15) is 0 Å². The Bertz CT molecular complexity index is 320. The highest BCUT2D eigenvalue weighted by molar-refractivity contribution is 5.44. The van der Waals surface area contributed by atoms with E-state index in [-0.39, 0.29) is 5.41 Å². The van der Waals surface area contributed by atoms with Crippen molar-refractivity contribution >= 4 is 5.69 Å². The van der Waals surface area contributed by atoms with E-state index < -0.39 is 0 Å². The smallest absolute Gasteiger partial charge is 0.0390 e. The topological polar surface area (TPSA) is 15.3 Å². The number of benzene rings is 1. The summed E-state index contributed by atoms with van der Waals surface area (Å²) in [4.78, 5) is 2.29. The van der Waals surface area contributed by atoms with Crippen LogP contribution in [0.25, 0.3) is 0 Å². The summed E-state index contributed by atoms with van der Waals surface area (Å²) in [6.07, 6.45) is 0. The molecule has 16 heavy (non-hydrogen) atoms. The van der Waals surface area contributed by atoms with Gasteiger partial charge in [0.1, 0.15) is 0 Å². The maximum Gasteiger partial charge on any atom is 0.0390 e. The van der Waals surface area contributed by atoms with E-state index >= 15 is 0 Å². The molecule has 90 valence electrons. The van der Waals surface area contributed by atoms with E-state index in [1.54, 1.807) is 0 Å². The molecule has 0 aliphatic carbocycles. The molecule has 1 unspecified atom stereocenters. The van der Waals surface area contributed by atoms with Gasteiger partial charge in [0.15, 0.2) is 0 Å². The molecular weight excluding hydrogens is 196 g/mol. The number of rotatable bonds is 3. The molecule has 0 spiro atoms. The summed E-state index contributed by atoms with van der Waals surface area (Å²) in [6, 6.07) is 9.14. The van der Waals surface area contributed by atoms with Crippen LogP contribution >= 0.6 is 0 Å². The Hall–Kier alpha value is -1.02. The quantitative estimate of drug-likeness (QED) is 0.840. The fraction of sp³-hybridized carbons (Fsp3) is 0.571. The van der Waals surface area contributed by atoms with Crippen molar-refractivity contribution in [2.24, 2.45) is 5.41 Å². The van der Waals surface area contributed by atoms with Gasteiger partial charge >= 0.3 is 0 Å². The predicted octanol–water partition coefficient (Wildman–Crippen LogP) is 3.38. The average molecular weight is 220 g/mol. The van der Waals surface area contributed by atoms with Gasteiger partial charge in [-0.15, -0.1) is 0 Å². The summed E-state index contributed by atoms with van der Waals surface area (Å²) in [5, 5.41) is 3.15. The van der Waals surface area contributed by atoms with E-state index in [4.69, 9.17) is 0 Å². The molecule has 1 N–H and O–H groups in total. The van der Waals surface area contributed by atoms with Crippen LogP contribution in [0, 0.1) is 5.41 Å². The third-order valence-corrected chi connectivity index (χ3v) is 2.85. The van der Waals surface area contributed by atoms with Crippen molar-refractivity contribution in [1.29, 1.82) is 0 Å². The summed E-state index contributed by atoms with van der Waals surface area (Å²) >= 11 is 0. The van der Waals surface area contributed by atoms with Crippen LogP contribution in [-0.4, -0.2) is 26.0 Å². The monoisotopic (exact) mass is 220 g/mol. The fourth-order valence-electron chi connectivity index (χ4n) is 2.40. The molecule has 1 aromatic carbocycles. The van der Waals surface area contributed by atoms with Gasteiger partial charge in [0.25, 0.3) is 0 Å². The van der Waals surface area contributed by atoms with E-state index in [2.05, 4.69) is 69.3 Å². The summed E-state index contributed by atoms with van der Waals surface area (Å²) < 4.78 is 0. The number of hydrogen-bond donors (Lipinski definition) is 1.